The Morgan fingerprint density at radius 1 is 1.24 bits per heavy atom. The van der Waals surface area contributed by atoms with Crippen LogP contribution in [0, 0.1) is 11.8 Å². The van der Waals surface area contributed by atoms with E-state index in [9.17, 15) is 4.79 Å². The molecule has 5 nitrogen and oxygen atoms in total. The van der Waals surface area contributed by atoms with Crippen LogP contribution in [0.25, 0.3) is 0 Å². The molecule has 1 aromatic heterocycles. The summed E-state index contributed by atoms with van der Waals surface area (Å²) in [6, 6.07) is 10.6. The van der Waals surface area contributed by atoms with Crippen molar-refractivity contribution in [2.75, 3.05) is 19.6 Å². The largest absolute Gasteiger partial charge is 0.361 e. The molecule has 1 saturated heterocycles. The highest BCUT2D eigenvalue weighted by atomic mass is 16.5. The van der Waals surface area contributed by atoms with Gasteiger partial charge >= 0.3 is 0 Å². The number of nitrogens with one attached hydrogen (secondary N) is 1. The van der Waals surface area contributed by atoms with Crippen molar-refractivity contribution in [3.05, 3.63) is 52.9 Å². The van der Waals surface area contributed by atoms with Crippen LogP contribution in [0.2, 0.25) is 0 Å². The second kappa shape index (κ2) is 8.31. The van der Waals surface area contributed by atoms with Crippen molar-refractivity contribution >= 4 is 5.91 Å². The lowest BCUT2D eigenvalue weighted by Gasteiger charge is -2.34. The van der Waals surface area contributed by atoms with Gasteiger partial charge in [-0.05, 0) is 55.3 Å². The van der Waals surface area contributed by atoms with Crippen LogP contribution in [0.4, 0.5) is 0 Å². The smallest absolute Gasteiger partial charge is 0.223 e. The summed E-state index contributed by atoms with van der Waals surface area (Å²) in [6.07, 6.45) is 3.52. The van der Waals surface area contributed by atoms with Crippen molar-refractivity contribution in [2.45, 2.75) is 58.4 Å². The van der Waals surface area contributed by atoms with E-state index in [1.165, 1.54) is 11.1 Å². The average molecular weight is 396 g/mol. The summed E-state index contributed by atoms with van der Waals surface area (Å²) in [6.45, 7) is 9.93. The number of nitrogens with zero attached hydrogens (tertiary/aromatic N) is 2. The summed E-state index contributed by atoms with van der Waals surface area (Å²) in [4.78, 5) is 15.1. The number of aromatic nitrogens is 1. The molecule has 2 aliphatic heterocycles. The summed E-state index contributed by atoms with van der Waals surface area (Å²) in [5.74, 6) is 2.04. The molecular weight excluding hydrogens is 362 g/mol. The van der Waals surface area contributed by atoms with Gasteiger partial charge in [0.15, 0.2) is 0 Å². The molecule has 0 bridgehead atoms. The molecule has 0 saturated carbocycles. The van der Waals surface area contributed by atoms with Crippen molar-refractivity contribution in [3.63, 3.8) is 0 Å². The maximum Gasteiger partial charge on any atom is 0.223 e. The molecule has 2 aliphatic rings. The van der Waals surface area contributed by atoms with Crippen LogP contribution in [0.5, 0.6) is 0 Å². The maximum absolute atomic E-state index is 13.1. The highest BCUT2D eigenvalue weighted by molar-refractivity contribution is 5.76. The van der Waals surface area contributed by atoms with Crippen molar-refractivity contribution in [1.29, 1.82) is 0 Å². The van der Waals surface area contributed by atoms with Crippen molar-refractivity contribution < 1.29 is 9.32 Å². The number of hydrogen-bond acceptors (Lipinski definition) is 4. The molecule has 2 aromatic rings. The lowest BCUT2D eigenvalue weighted by Crippen LogP contribution is -2.42. The van der Waals surface area contributed by atoms with Crippen LogP contribution in [0.1, 0.15) is 56.2 Å². The lowest BCUT2D eigenvalue weighted by molar-refractivity contribution is -0.133. The van der Waals surface area contributed by atoms with Gasteiger partial charge in [-0.1, -0.05) is 50.2 Å². The molecular formula is C24H33N3O2. The Morgan fingerprint density at radius 2 is 2.03 bits per heavy atom. The molecule has 0 radical (unpaired) electrons. The highest BCUT2D eigenvalue weighted by Gasteiger charge is 2.31. The standard InChI is InChI=1S/C24H33N3O2/c1-24(2,3)22-14-21(26-29-22)12-20-15-25-10-8-18(20)13-23(28)27-11-9-17-6-4-5-7-19(17)16-27/h4-7,14,18,20,25H,8-13,15-16H2,1-3H3/t18-,20-/m0/s1. The molecule has 156 valence electrons. The first-order chi connectivity index (χ1) is 13.9. The maximum atomic E-state index is 13.1. The fourth-order valence-corrected chi connectivity index (χ4v) is 4.58. The summed E-state index contributed by atoms with van der Waals surface area (Å²) in [7, 11) is 0. The van der Waals surface area contributed by atoms with Gasteiger partial charge in [-0.2, -0.15) is 0 Å². The first-order valence-corrected chi connectivity index (χ1v) is 10.9. The second-order valence-electron chi connectivity index (χ2n) is 9.69. The summed E-state index contributed by atoms with van der Waals surface area (Å²) >= 11 is 0. The molecule has 0 spiro atoms. The van der Waals surface area contributed by atoms with E-state index in [0.29, 0.717) is 24.2 Å². The van der Waals surface area contributed by atoms with E-state index in [2.05, 4.69) is 66.5 Å². The number of piperidine rings is 1. The van der Waals surface area contributed by atoms with Gasteiger partial charge in [-0.3, -0.25) is 4.79 Å². The number of benzene rings is 1. The van der Waals surface area contributed by atoms with Crippen LogP contribution in [0.3, 0.4) is 0 Å². The van der Waals surface area contributed by atoms with Gasteiger partial charge in [0.2, 0.25) is 5.91 Å². The van der Waals surface area contributed by atoms with Crippen LogP contribution in [0.15, 0.2) is 34.9 Å². The van der Waals surface area contributed by atoms with Gasteiger partial charge in [0.25, 0.3) is 0 Å². The summed E-state index contributed by atoms with van der Waals surface area (Å²) < 4.78 is 5.57. The molecule has 0 aliphatic carbocycles. The average Bonchev–Trinajstić information content (AvgIpc) is 3.18. The molecule has 1 N–H and O–H groups in total. The van der Waals surface area contributed by atoms with Crippen LogP contribution in [-0.4, -0.2) is 35.6 Å². The minimum Gasteiger partial charge on any atom is -0.361 e. The molecule has 1 aromatic carbocycles. The van der Waals surface area contributed by atoms with Gasteiger partial charge in [-0.25, -0.2) is 0 Å². The van der Waals surface area contributed by atoms with Crippen molar-refractivity contribution in [3.8, 4) is 0 Å². The van der Waals surface area contributed by atoms with Gasteiger partial charge in [-0.15, -0.1) is 0 Å². The Bertz CT molecular complexity index is 852. The third-order valence-corrected chi connectivity index (χ3v) is 6.45. The van der Waals surface area contributed by atoms with Crippen LogP contribution in [-0.2, 0) is 29.6 Å². The third kappa shape index (κ3) is 4.72. The van der Waals surface area contributed by atoms with Crippen LogP contribution < -0.4 is 5.32 Å². The van der Waals surface area contributed by atoms with E-state index >= 15 is 0 Å². The Balaban J connectivity index is 1.39. The Labute approximate surface area is 173 Å². The number of rotatable bonds is 4. The number of fused-ring (bicyclic) bond motifs is 1. The monoisotopic (exact) mass is 395 g/mol. The zero-order valence-electron chi connectivity index (χ0n) is 17.9. The minimum atomic E-state index is -0.0318. The number of hydrogen-bond donors (Lipinski definition) is 1. The second-order valence-corrected chi connectivity index (χ2v) is 9.69. The van der Waals surface area contributed by atoms with Gasteiger partial charge < -0.3 is 14.7 Å². The molecule has 4 rings (SSSR count). The molecule has 1 fully saturated rings. The third-order valence-electron chi connectivity index (χ3n) is 6.45. The molecule has 5 heteroatoms. The number of carbonyl (C=O) groups excluding carboxylic acids is 1. The first kappa shape index (κ1) is 20.1. The fourth-order valence-electron chi connectivity index (χ4n) is 4.58. The Kier molecular flexibility index (Phi) is 5.77. The molecule has 2 atom stereocenters. The summed E-state index contributed by atoms with van der Waals surface area (Å²) in [5, 5.41) is 7.81. The van der Waals surface area contributed by atoms with E-state index in [-0.39, 0.29) is 5.41 Å². The lowest BCUT2D eigenvalue weighted by atomic mass is 9.80. The van der Waals surface area contributed by atoms with Crippen LogP contribution >= 0.6 is 0 Å². The molecule has 0 unspecified atom stereocenters. The van der Waals surface area contributed by atoms with Gasteiger partial charge in [0.1, 0.15) is 5.76 Å². The minimum absolute atomic E-state index is 0.0318. The molecule has 29 heavy (non-hydrogen) atoms. The number of amides is 1. The SMILES string of the molecule is CC(C)(C)c1cc(C[C@H]2CNCC[C@H]2CC(=O)N2CCc3ccccc3C2)no1. The van der Waals surface area contributed by atoms with Gasteiger partial charge in [0.05, 0.1) is 5.69 Å². The zero-order valence-corrected chi connectivity index (χ0v) is 17.9. The quantitative estimate of drug-likeness (QED) is 0.857. The fraction of sp³-hybridized carbons (Fsp3) is 0.583. The van der Waals surface area contributed by atoms with Gasteiger partial charge in [0, 0.05) is 31.0 Å². The zero-order chi connectivity index (χ0) is 20.4. The van der Waals surface area contributed by atoms with E-state index in [4.69, 9.17) is 4.52 Å². The van der Waals surface area contributed by atoms with Crippen molar-refractivity contribution in [1.82, 2.24) is 15.4 Å². The van der Waals surface area contributed by atoms with Crippen molar-refractivity contribution in [2.24, 2.45) is 11.8 Å². The number of carbonyl (C=O) groups is 1. The normalized spacial score (nSPS) is 22.4. The predicted molar refractivity (Wildman–Crippen MR) is 114 cm³/mol. The Morgan fingerprint density at radius 3 is 2.79 bits per heavy atom. The van der Waals surface area contributed by atoms with E-state index in [1.807, 2.05) is 0 Å². The van der Waals surface area contributed by atoms with E-state index in [0.717, 1.165) is 56.9 Å². The highest BCUT2D eigenvalue weighted by Crippen LogP contribution is 2.30. The molecule has 1 amide bonds. The first-order valence-electron chi connectivity index (χ1n) is 10.9. The molecule has 3 heterocycles. The Hall–Kier alpha value is -2.14. The topological polar surface area (TPSA) is 58.4 Å². The van der Waals surface area contributed by atoms with E-state index in [1.54, 1.807) is 0 Å². The summed E-state index contributed by atoms with van der Waals surface area (Å²) in [5.41, 5.74) is 3.66. The van der Waals surface area contributed by atoms with E-state index < -0.39 is 0 Å². The predicted octanol–water partition coefficient (Wildman–Crippen LogP) is 3.72.